The second-order valence-electron chi connectivity index (χ2n) is 5.18. The van der Waals surface area contributed by atoms with Gasteiger partial charge in [-0.25, -0.2) is 5.84 Å². The molecule has 0 spiro atoms. The van der Waals surface area contributed by atoms with Crippen molar-refractivity contribution in [1.82, 2.24) is 15.0 Å². The molecule has 0 amide bonds. The van der Waals surface area contributed by atoms with E-state index in [1.54, 1.807) is 0 Å². The van der Waals surface area contributed by atoms with Crippen LogP contribution in [0.3, 0.4) is 0 Å². The average Bonchev–Trinajstić information content (AvgIpc) is 2.53. The third-order valence-electron chi connectivity index (χ3n) is 3.49. The first-order chi connectivity index (χ1) is 10.2. The van der Waals surface area contributed by atoms with Crippen molar-refractivity contribution in [3.8, 4) is 0 Å². The van der Waals surface area contributed by atoms with Crippen LogP contribution < -0.4 is 21.1 Å². The highest BCUT2D eigenvalue weighted by molar-refractivity contribution is 5.64. The van der Waals surface area contributed by atoms with E-state index >= 15 is 0 Å². The van der Waals surface area contributed by atoms with E-state index in [0.29, 0.717) is 17.8 Å². The number of anilines is 4. The molecule has 0 bridgehead atoms. The first-order valence-corrected chi connectivity index (χ1v) is 6.94. The summed E-state index contributed by atoms with van der Waals surface area (Å²) in [5, 5.41) is 0. The highest BCUT2D eigenvalue weighted by Crippen LogP contribution is 2.32. The number of nitrogens with zero attached hydrogens (tertiary/aromatic N) is 5. The monoisotopic (exact) mass is 285 g/mol. The van der Waals surface area contributed by atoms with Gasteiger partial charge in [-0.3, -0.25) is 5.43 Å². The summed E-state index contributed by atoms with van der Waals surface area (Å²) in [4.78, 5) is 17.1. The minimum Gasteiger partial charge on any atom is -0.347 e. The minimum absolute atomic E-state index is 0.367. The molecule has 1 aromatic heterocycles. The maximum Gasteiger partial charge on any atom is 0.243 e. The molecule has 1 aliphatic rings. The van der Waals surface area contributed by atoms with Crippen molar-refractivity contribution in [2.75, 3.05) is 35.9 Å². The van der Waals surface area contributed by atoms with Crippen LogP contribution in [0.2, 0.25) is 0 Å². The predicted octanol–water partition coefficient (Wildman–Crippen LogP) is 1.31. The Bertz CT molecular complexity index is 641. The number of nitrogens with one attached hydrogen (secondary N) is 1. The van der Waals surface area contributed by atoms with Gasteiger partial charge >= 0.3 is 0 Å². The van der Waals surface area contributed by atoms with Gasteiger partial charge in [0.1, 0.15) is 0 Å². The molecule has 0 saturated carbocycles. The fourth-order valence-electron chi connectivity index (χ4n) is 2.48. The van der Waals surface area contributed by atoms with Gasteiger partial charge in [-0.15, -0.1) is 0 Å². The Morgan fingerprint density at radius 3 is 2.76 bits per heavy atom. The molecule has 3 N–H and O–H groups in total. The van der Waals surface area contributed by atoms with Gasteiger partial charge in [-0.05, 0) is 24.5 Å². The van der Waals surface area contributed by atoms with Crippen molar-refractivity contribution in [3.63, 3.8) is 0 Å². The number of hydrogen-bond donors (Lipinski definition) is 2. The second kappa shape index (κ2) is 5.53. The standard InChI is InChI=1S/C14H19N7/c1-20(2)13-16-12(19-15)17-14(18-13)21-9-5-7-10-6-3-4-8-11(10)21/h3-4,6,8H,5,7,9,15H2,1-2H3,(H,16,17,18,19). The van der Waals surface area contributed by atoms with Crippen LogP contribution in [0.5, 0.6) is 0 Å². The van der Waals surface area contributed by atoms with E-state index in [2.05, 4.69) is 43.5 Å². The minimum atomic E-state index is 0.367. The molecule has 110 valence electrons. The number of nitrogen functional groups attached to an aromatic ring is 1. The Labute approximate surface area is 123 Å². The quantitative estimate of drug-likeness (QED) is 0.649. The highest BCUT2D eigenvalue weighted by atomic mass is 15.4. The molecule has 3 rings (SSSR count). The van der Waals surface area contributed by atoms with Crippen LogP contribution in [0.25, 0.3) is 0 Å². The lowest BCUT2D eigenvalue weighted by Crippen LogP contribution is -2.28. The third kappa shape index (κ3) is 2.59. The Balaban J connectivity index is 2.07. The molecule has 0 aliphatic carbocycles. The van der Waals surface area contributed by atoms with Gasteiger partial charge < -0.3 is 9.80 Å². The van der Waals surface area contributed by atoms with Gasteiger partial charge in [-0.1, -0.05) is 18.2 Å². The van der Waals surface area contributed by atoms with Crippen molar-refractivity contribution < 1.29 is 0 Å². The lowest BCUT2D eigenvalue weighted by Gasteiger charge is -2.29. The summed E-state index contributed by atoms with van der Waals surface area (Å²) in [6.07, 6.45) is 2.16. The zero-order valence-corrected chi connectivity index (χ0v) is 12.2. The maximum atomic E-state index is 5.47. The van der Waals surface area contributed by atoms with Gasteiger partial charge in [0, 0.05) is 26.3 Å². The summed E-state index contributed by atoms with van der Waals surface area (Å²) in [6, 6.07) is 8.35. The first kappa shape index (κ1) is 13.6. The summed E-state index contributed by atoms with van der Waals surface area (Å²) < 4.78 is 0. The largest absolute Gasteiger partial charge is 0.347 e. The average molecular weight is 285 g/mol. The van der Waals surface area contributed by atoms with Gasteiger partial charge in [0.2, 0.25) is 17.8 Å². The number of para-hydroxylation sites is 1. The van der Waals surface area contributed by atoms with E-state index in [1.165, 1.54) is 5.56 Å². The smallest absolute Gasteiger partial charge is 0.243 e. The van der Waals surface area contributed by atoms with Crippen LogP contribution in [0, 0.1) is 0 Å². The number of benzene rings is 1. The van der Waals surface area contributed by atoms with E-state index in [9.17, 15) is 0 Å². The fraction of sp³-hybridized carbons (Fsp3) is 0.357. The van der Waals surface area contributed by atoms with Gasteiger partial charge in [0.15, 0.2) is 0 Å². The fourth-order valence-corrected chi connectivity index (χ4v) is 2.48. The Morgan fingerprint density at radius 1 is 1.19 bits per heavy atom. The molecule has 1 aliphatic heterocycles. The molecule has 7 nitrogen and oxygen atoms in total. The van der Waals surface area contributed by atoms with Crippen LogP contribution in [-0.4, -0.2) is 35.6 Å². The molecule has 7 heteroatoms. The van der Waals surface area contributed by atoms with Crippen molar-refractivity contribution in [1.29, 1.82) is 0 Å². The van der Waals surface area contributed by atoms with E-state index in [-0.39, 0.29) is 0 Å². The molecule has 2 aromatic rings. The molecule has 0 radical (unpaired) electrons. The summed E-state index contributed by atoms with van der Waals surface area (Å²) in [7, 11) is 3.78. The first-order valence-electron chi connectivity index (χ1n) is 6.94. The normalized spacial score (nSPS) is 13.8. The van der Waals surface area contributed by atoms with E-state index < -0.39 is 0 Å². The molecule has 0 unspecified atom stereocenters. The van der Waals surface area contributed by atoms with Gasteiger partial charge in [0.05, 0.1) is 0 Å². The van der Waals surface area contributed by atoms with Crippen LogP contribution in [0.15, 0.2) is 24.3 Å². The van der Waals surface area contributed by atoms with Crippen molar-refractivity contribution in [2.24, 2.45) is 5.84 Å². The van der Waals surface area contributed by atoms with Crippen LogP contribution in [0.1, 0.15) is 12.0 Å². The zero-order valence-electron chi connectivity index (χ0n) is 12.2. The van der Waals surface area contributed by atoms with Gasteiger partial charge in [0.25, 0.3) is 0 Å². The third-order valence-corrected chi connectivity index (χ3v) is 3.49. The molecular formula is C14H19N7. The Morgan fingerprint density at radius 2 is 2.00 bits per heavy atom. The summed E-state index contributed by atoms with van der Waals surface area (Å²) in [5.41, 5.74) is 4.98. The number of nitrogens with two attached hydrogens (primary N) is 1. The summed E-state index contributed by atoms with van der Waals surface area (Å²) in [5.74, 6) is 7.04. The lowest BCUT2D eigenvalue weighted by molar-refractivity contribution is 0.746. The number of aromatic nitrogens is 3. The molecule has 2 heterocycles. The number of aryl methyl sites for hydroxylation is 1. The highest BCUT2D eigenvalue weighted by Gasteiger charge is 2.21. The number of hydrazine groups is 1. The van der Waals surface area contributed by atoms with Crippen LogP contribution >= 0.6 is 0 Å². The number of hydrogen-bond acceptors (Lipinski definition) is 7. The molecule has 21 heavy (non-hydrogen) atoms. The lowest BCUT2D eigenvalue weighted by atomic mass is 10.0. The van der Waals surface area contributed by atoms with Crippen molar-refractivity contribution in [2.45, 2.75) is 12.8 Å². The Hall–Kier alpha value is -2.41. The molecule has 0 atom stereocenters. The van der Waals surface area contributed by atoms with Crippen molar-refractivity contribution >= 4 is 23.5 Å². The molecule has 1 aromatic carbocycles. The van der Waals surface area contributed by atoms with E-state index in [0.717, 1.165) is 25.1 Å². The van der Waals surface area contributed by atoms with Crippen LogP contribution in [-0.2, 0) is 6.42 Å². The second-order valence-corrected chi connectivity index (χ2v) is 5.18. The van der Waals surface area contributed by atoms with E-state index in [1.807, 2.05) is 25.1 Å². The molecule has 0 fully saturated rings. The number of rotatable bonds is 3. The van der Waals surface area contributed by atoms with E-state index in [4.69, 9.17) is 5.84 Å². The zero-order chi connectivity index (χ0) is 14.8. The topological polar surface area (TPSA) is 83.2 Å². The van der Waals surface area contributed by atoms with Crippen molar-refractivity contribution in [3.05, 3.63) is 29.8 Å². The predicted molar refractivity (Wildman–Crippen MR) is 83.7 cm³/mol. The summed E-state index contributed by atoms with van der Waals surface area (Å²) >= 11 is 0. The SMILES string of the molecule is CN(C)c1nc(NN)nc(N2CCCc3ccccc32)n1. The van der Waals surface area contributed by atoms with Gasteiger partial charge in [-0.2, -0.15) is 15.0 Å². The number of fused-ring (bicyclic) bond motifs is 1. The molecule has 0 saturated heterocycles. The van der Waals surface area contributed by atoms with Crippen LogP contribution in [0.4, 0.5) is 23.5 Å². The maximum absolute atomic E-state index is 5.47. The summed E-state index contributed by atoms with van der Waals surface area (Å²) in [6.45, 7) is 0.887. The Kier molecular flexibility index (Phi) is 3.57. The molecular weight excluding hydrogens is 266 g/mol.